The van der Waals surface area contributed by atoms with Crippen molar-refractivity contribution >= 4 is 38.9 Å². The van der Waals surface area contributed by atoms with Gasteiger partial charge in [0.25, 0.3) is 0 Å². The largest absolute Gasteiger partial charge is 0.309 e. The van der Waals surface area contributed by atoms with Gasteiger partial charge in [0, 0.05) is 33.3 Å². The standard InChI is InChI=1S/C60H42N2/c1-4-21-43(22-5-1)48-27-10-11-29-51(48)52-30-12-13-31-53(52)54-32-15-18-36-57(54)61(56-35-17-14-28-49(56)44-23-6-2-7-24-44)47-41-39-45(40-42-47)50-34-20-38-59-60(50)55-33-16-19-37-58(55)62(59)46-25-8-3-9-26-46/h1-42H. The van der Waals surface area contributed by atoms with E-state index in [9.17, 15) is 0 Å². The van der Waals surface area contributed by atoms with Crippen LogP contribution in [0.4, 0.5) is 17.1 Å². The summed E-state index contributed by atoms with van der Waals surface area (Å²) in [6, 6.07) is 92.0. The average Bonchev–Trinajstić information content (AvgIpc) is 3.70. The van der Waals surface area contributed by atoms with E-state index in [-0.39, 0.29) is 0 Å². The van der Waals surface area contributed by atoms with Crippen LogP contribution in [0, 0.1) is 0 Å². The normalized spacial score (nSPS) is 11.2. The lowest BCUT2D eigenvalue weighted by molar-refractivity contribution is 1.18. The van der Waals surface area contributed by atoms with Crippen LogP contribution >= 0.6 is 0 Å². The summed E-state index contributed by atoms with van der Waals surface area (Å²) in [6.45, 7) is 0. The zero-order valence-corrected chi connectivity index (χ0v) is 34.1. The van der Waals surface area contributed by atoms with Crippen LogP contribution in [0.1, 0.15) is 0 Å². The van der Waals surface area contributed by atoms with Crippen molar-refractivity contribution in [2.24, 2.45) is 0 Å². The number of nitrogens with zero attached hydrogens (tertiary/aromatic N) is 2. The van der Waals surface area contributed by atoms with E-state index in [0.29, 0.717) is 0 Å². The second-order valence-corrected chi connectivity index (χ2v) is 15.6. The Kier molecular flexibility index (Phi) is 9.57. The van der Waals surface area contributed by atoms with E-state index in [0.717, 1.165) is 33.9 Å². The molecule has 11 rings (SSSR count). The number of hydrogen-bond acceptors (Lipinski definition) is 1. The number of benzene rings is 10. The number of aromatic nitrogens is 1. The molecule has 0 unspecified atom stereocenters. The maximum Gasteiger partial charge on any atom is 0.0547 e. The molecule has 0 radical (unpaired) electrons. The van der Waals surface area contributed by atoms with Gasteiger partial charge >= 0.3 is 0 Å². The van der Waals surface area contributed by atoms with Gasteiger partial charge in [-0.3, -0.25) is 0 Å². The SMILES string of the molecule is c1ccc(-c2ccccc2-c2ccccc2-c2ccccc2N(c2ccc(-c3cccc4c3c3ccccc3n4-c3ccccc3)cc2)c2ccccc2-c2ccccc2)cc1. The molecule has 10 aromatic carbocycles. The topological polar surface area (TPSA) is 8.17 Å². The van der Waals surface area contributed by atoms with Crippen LogP contribution in [0.5, 0.6) is 0 Å². The highest BCUT2D eigenvalue weighted by molar-refractivity contribution is 6.16. The molecule has 0 bridgehead atoms. The molecule has 0 saturated carbocycles. The monoisotopic (exact) mass is 790 g/mol. The zero-order valence-electron chi connectivity index (χ0n) is 34.1. The second-order valence-electron chi connectivity index (χ2n) is 15.6. The van der Waals surface area contributed by atoms with Crippen molar-refractivity contribution in [2.75, 3.05) is 4.90 Å². The first kappa shape index (κ1) is 36.8. The molecule has 0 atom stereocenters. The van der Waals surface area contributed by atoms with Crippen LogP contribution in [0.3, 0.4) is 0 Å². The van der Waals surface area contributed by atoms with Crippen LogP contribution in [0.2, 0.25) is 0 Å². The molecule has 62 heavy (non-hydrogen) atoms. The Labute approximate surface area is 362 Å². The molecular formula is C60H42N2. The van der Waals surface area contributed by atoms with Gasteiger partial charge in [0.2, 0.25) is 0 Å². The van der Waals surface area contributed by atoms with E-state index in [1.165, 1.54) is 66.3 Å². The van der Waals surface area contributed by atoms with Gasteiger partial charge in [0.1, 0.15) is 0 Å². The van der Waals surface area contributed by atoms with Crippen molar-refractivity contribution in [3.05, 3.63) is 255 Å². The summed E-state index contributed by atoms with van der Waals surface area (Å²) in [5, 5.41) is 2.49. The first-order chi connectivity index (χ1) is 30.8. The molecule has 0 N–H and O–H groups in total. The van der Waals surface area contributed by atoms with Crippen molar-refractivity contribution in [1.82, 2.24) is 4.57 Å². The lowest BCUT2D eigenvalue weighted by atomic mass is 9.88. The highest BCUT2D eigenvalue weighted by Gasteiger charge is 2.23. The van der Waals surface area contributed by atoms with E-state index in [1.54, 1.807) is 0 Å². The van der Waals surface area contributed by atoms with Crippen LogP contribution in [0.25, 0.3) is 83.1 Å². The van der Waals surface area contributed by atoms with Gasteiger partial charge in [-0.2, -0.15) is 0 Å². The van der Waals surface area contributed by atoms with Gasteiger partial charge in [-0.15, -0.1) is 0 Å². The van der Waals surface area contributed by atoms with E-state index < -0.39 is 0 Å². The summed E-state index contributed by atoms with van der Waals surface area (Å²) in [7, 11) is 0. The van der Waals surface area contributed by atoms with Gasteiger partial charge in [-0.25, -0.2) is 0 Å². The fourth-order valence-electron chi connectivity index (χ4n) is 9.28. The Hall–Kier alpha value is -8.20. The van der Waals surface area contributed by atoms with Gasteiger partial charge < -0.3 is 9.47 Å². The maximum atomic E-state index is 2.45. The summed E-state index contributed by atoms with van der Waals surface area (Å²) in [6.07, 6.45) is 0. The van der Waals surface area contributed by atoms with E-state index in [1.807, 2.05) is 0 Å². The van der Waals surface area contributed by atoms with Crippen LogP contribution in [-0.4, -0.2) is 4.57 Å². The lowest BCUT2D eigenvalue weighted by Gasteiger charge is -2.30. The predicted octanol–water partition coefficient (Wildman–Crippen LogP) is 16.6. The molecular weight excluding hydrogens is 749 g/mol. The minimum absolute atomic E-state index is 1.07. The number of hydrogen-bond donors (Lipinski definition) is 0. The van der Waals surface area contributed by atoms with Gasteiger partial charge in [-0.1, -0.05) is 206 Å². The molecule has 1 aromatic heterocycles. The van der Waals surface area contributed by atoms with Gasteiger partial charge in [-0.05, 0) is 93.0 Å². The summed E-state index contributed by atoms with van der Waals surface area (Å²) in [4.78, 5) is 2.45. The number of para-hydroxylation sites is 4. The third-order valence-corrected chi connectivity index (χ3v) is 12.0. The van der Waals surface area contributed by atoms with Crippen LogP contribution in [-0.2, 0) is 0 Å². The Balaban J connectivity index is 1.10. The van der Waals surface area contributed by atoms with Crippen molar-refractivity contribution < 1.29 is 0 Å². The number of fused-ring (bicyclic) bond motifs is 3. The van der Waals surface area contributed by atoms with E-state index in [2.05, 4.69) is 264 Å². The highest BCUT2D eigenvalue weighted by atomic mass is 15.1. The first-order valence-corrected chi connectivity index (χ1v) is 21.3. The molecule has 1 heterocycles. The van der Waals surface area contributed by atoms with Crippen molar-refractivity contribution in [3.63, 3.8) is 0 Å². The second kappa shape index (κ2) is 16.1. The first-order valence-electron chi connectivity index (χ1n) is 21.3. The Morgan fingerprint density at radius 3 is 1.34 bits per heavy atom. The lowest BCUT2D eigenvalue weighted by Crippen LogP contribution is -2.12. The molecule has 2 heteroatoms. The molecule has 0 fully saturated rings. The minimum atomic E-state index is 1.07. The summed E-state index contributed by atoms with van der Waals surface area (Å²) >= 11 is 0. The third-order valence-electron chi connectivity index (χ3n) is 12.0. The van der Waals surface area contributed by atoms with Gasteiger partial charge in [0.05, 0.1) is 22.4 Å². The average molecular weight is 791 g/mol. The summed E-state index contributed by atoms with van der Waals surface area (Å²) in [5.41, 5.74) is 18.7. The summed E-state index contributed by atoms with van der Waals surface area (Å²) in [5.74, 6) is 0. The molecule has 0 amide bonds. The zero-order chi connectivity index (χ0) is 41.2. The van der Waals surface area contributed by atoms with E-state index >= 15 is 0 Å². The van der Waals surface area contributed by atoms with Crippen LogP contribution < -0.4 is 4.90 Å². The molecule has 292 valence electrons. The Morgan fingerprint density at radius 1 is 0.258 bits per heavy atom. The molecule has 11 aromatic rings. The Bertz CT molecular complexity index is 3330. The van der Waals surface area contributed by atoms with E-state index in [4.69, 9.17) is 0 Å². The van der Waals surface area contributed by atoms with Gasteiger partial charge in [0.15, 0.2) is 0 Å². The molecule has 2 nitrogen and oxygen atoms in total. The molecule has 0 aliphatic rings. The van der Waals surface area contributed by atoms with Crippen molar-refractivity contribution in [1.29, 1.82) is 0 Å². The van der Waals surface area contributed by atoms with Crippen LogP contribution in [0.15, 0.2) is 255 Å². The molecule has 0 saturated heterocycles. The maximum absolute atomic E-state index is 2.45. The number of rotatable bonds is 9. The third kappa shape index (κ3) is 6.56. The number of anilines is 3. The Morgan fingerprint density at radius 2 is 0.677 bits per heavy atom. The fraction of sp³-hybridized carbons (Fsp3) is 0. The highest BCUT2D eigenvalue weighted by Crippen LogP contribution is 2.48. The predicted molar refractivity (Wildman–Crippen MR) is 263 cm³/mol. The minimum Gasteiger partial charge on any atom is -0.309 e. The fourth-order valence-corrected chi connectivity index (χ4v) is 9.28. The molecule has 0 aliphatic heterocycles. The molecule has 0 aliphatic carbocycles. The smallest absolute Gasteiger partial charge is 0.0547 e. The summed E-state index contributed by atoms with van der Waals surface area (Å²) < 4.78 is 2.39. The van der Waals surface area contributed by atoms with Crippen molar-refractivity contribution in [3.8, 4) is 61.3 Å². The molecule has 0 spiro atoms. The quantitative estimate of drug-likeness (QED) is 0.141. The van der Waals surface area contributed by atoms with Crippen molar-refractivity contribution in [2.45, 2.75) is 0 Å².